The van der Waals surface area contributed by atoms with Crippen LogP contribution in [0.2, 0.25) is 0 Å². The van der Waals surface area contributed by atoms with Crippen LogP contribution < -0.4 is 0 Å². The zero-order chi connectivity index (χ0) is 47.1. The fourth-order valence-electron chi connectivity index (χ4n) is 11.1. The highest BCUT2D eigenvalue weighted by Gasteiger charge is 2.46. The number of benzene rings is 11. The van der Waals surface area contributed by atoms with Gasteiger partial charge in [-0.05, 0) is 125 Å². The minimum absolute atomic E-state index is 0.539. The summed E-state index contributed by atoms with van der Waals surface area (Å²) in [5, 5.41) is 2.45. The highest BCUT2D eigenvalue weighted by atomic mass is 14.9. The van der Waals surface area contributed by atoms with E-state index < -0.39 is 5.41 Å². The number of aromatic nitrogens is 2. The van der Waals surface area contributed by atoms with Crippen LogP contribution in [0.15, 0.2) is 279 Å². The van der Waals surface area contributed by atoms with Crippen molar-refractivity contribution in [3.63, 3.8) is 0 Å². The molecule has 2 nitrogen and oxygen atoms in total. The molecule has 0 atom stereocenters. The largest absolute Gasteiger partial charge is 0.228 e. The molecule has 13 rings (SSSR count). The van der Waals surface area contributed by atoms with Crippen LogP contribution in [0.3, 0.4) is 0 Å². The molecule has 2 heteroatoms. The van der Waals surface area contributed by atoms with E-state index in [-0.39, 0.29) is 0 Å². The van der Waals surface area contributed by atoms with Crippen LogP contribution in [0.25, 0.3) is 100 Å². The van der Waals surface area contributed by atoms with E-state index in [9.17, 15) is 0 Å². The van der Waals surface area contributed by atoms with E-state index in [1.807, 2.05) is 6.07 Å². The van der Waals surface area contributed by atoms with Gasteiger partial charge in [-0.2, -0.15) is 0 Å². The lowest BCUT2D eigenvalue weighted by molar-refractivity contribution is 0.769. The van der Waals surface area contributed by atoms with Crippen molar-refractivity contribution in [2.75, 3.05) is 0 Å². The van der Waals surface area contributed by atoms with Gasteiger partial charge in [-0.1, -0.05) is 243 Å². The first-order valence-electron chi connectivity index (χ1n) is 24.4. The minimum Gasteiger partial charge on any atom is -0.228 e. The predicted molar refractivity (Wildman–Crippen MR) is 295 cm³/mol. The molecule has 0 amide bonds. The molecule has 0 N–H and O–H groups in total. The van der Waals surface area contributed by atoms with Gasteiger partial charge in [0.05, 0.1) is 16.8 Å². The third kappa shape index (κ3) is 7.37. The lowest BCUT2D eigenvalue weighted by Crippen LogP contribution is -2.28. The minimum atomic E-state index is -0.539. The highest BCUT2D eigenvalue weighted by molar-refractivity contribution is 6.03. The van der Waals surface area contributed by atoms with E-state index in [0.717, 1.165) is 50.3 Å². The average Bonchev–Trinajstić information content (AvgIpc) is 3.76. The lowest BCUT2D eigenvalue weighted by Gasteiger charge is -2.34. The van der Waals surface area contributed by atoms with Crippen LogP contribution in [0.4, 0.5) is 0 Å². The van der Waals surface area contributed by atoms with Gasteiger partial charge in [0.1, 0.15) is 0 Å². The van der Waals surface area contributed by atoms with Crippen molar-refractivity contribution < 1.29 is 0 Å². The number of rotatable bonds is 9. The van der Waals surface area contributed by atoms with Gasteiger partial charge >= 0.3 is 0 Å². The Balaban J connectivity index is 0.990. The Morgan fingerprint density at radius 2 is 0.704 bits per heavy atom. The van der Waals surface area contributed by atoms with Crippen LogP contribution in [0.1, 0.15) is 22.3 Å². The van der Waals surface area contributed by atoms with Crippen molar-refractivity contribution in [3.05, 3.63) is 301 Å². The third-order valence-electron chi connectivity index (χ3n) is 14.4. The van der Waals surface area contributed by atoms with Gasteiger partial charge in [0, 0.05) is 16.7 Å². The van der Waals surface area contributed by atoms with Gasteiger partial charge in [0.2, 0.25) is 0 Å². The highest BCUT2D eigenvalue weighted by Crippen LogP contribution is 2.58. The summed E-state index contributed by atoms with van der Waals surface area (Å²) in [7, 11) is 0. The SMILES string of the molecule is c1ccc(-c2cccc(-c3cc(-c4ccccc4)nc(-c4cccc(-c5cccc(-c6cc7c(cc6-c6cccc8ccccc68)-c6ccccc6C7(c6ccccc6)c6ccccc6)c5)c4)n3)c2)cc1. The second kappa shape index (κ2) is 17.7. The van der Waals surface area contributed by atoms with Gasteiger partial charge in [0.25, 0.3) is 0 Å². The Labute approximate surface area is 414 Å². The Morgan fingerprint density at radius 1 is 0.239 bits per heavy atom. The van der Waals surface area contributed by atoms with Crippen molar-refractivity contribution in [2.45, 2.75) is 5.41 Å². The normalized spacial score (nSPS) is 12.3. The maximum absolute atomic E-state index is 5.31. The van der Waals surface area contributed by atoms with Crippen LogP contribution in [-0.4, -0.2) is 9.97 Å². The molecular formula is C69H46N2. The molecule has 0 saturated heterocycles. The van der Waals surface area contributed by atoms with Gasteiger partial charge in [0.15, 0.2) is 5.82 Å². The summed E-state index contributed by atoms with van der Waals surface area (Å²) in [6.07, 6.45) is 0. The first kappa shape index (κ1) is 41.9. The fraction of sp³-hybridized carbons (Fsp3) is 0.0145. The van der Waals surface area contributed by atoms with Gasteiger partial charge in [-0.3, -0.25) is 0 Å². The quantitative estimate of drug-likeness (QED) is 0.144. The summed E-state index contributed by atoms with van der Waals surface area (Å²) in [6.45, 7) is 0. The second-order valence-electron chi connectivity index (χ2n) is 18.4. The molecule has 0 radical (unpaired) electrons. The van der Waals surface area contributed by atoms with E-state index in [1.54, 1.807) is 0 Å². The molecule has 0 fully saturated rings. The summed E-state index contributed by atoms with van der Waals surface area (Å²) >= 11 is 0. The molecule has 71 heavy (non-hydrogen) atoms. The third-order valence-corrected chi connectivity index (χ3v) is 14.4. The predicted octanol–water partition coefficient (Wildman–Crippen LogP) is 17.7. The summed E-state index contributed by atoms with van der Waals surface area (Å²) < 4.78 is 0. The van der Waals surface area contributed by atoms with Crippen molar-refractivity contribution >= 4 is 10.8 Å². The molecule has 0 saturated carbocycles. The van der Waals surface area contributed by atoms with Crippen molar-refractivity contribution in [2.24, 2.45) is 0 Å². The van der Waals surface area contributed by atoms with Crippen molar-refractivity contribution in [1.29, 1.82) is 0 Å². The fourth-order valence-corrected chi connectivity index (χ4v) is 11.1. The zero-order valence-corrected chi connectivity index (χ0v) is 39.0. The summed E-state index contributed by atoms with van der Waals surface area (Å²) in [6, 6.07) is 101. The Hall–Kier alpha value is -9.24. The standard InChI is InChI=1S/C69H46N2/c1-5-21-47(22-6-1)50-27-18-31-54(42-50)67-46-66(49-24-7-2-8-25-49)70-68(71-67)55-32-19-29-52(43-55)51-28-17-30-53(41-51)61-45-65-63(44-62(61)59-39-20-26-48-23-13-14-37-58(48)59)60-38-15-16-40-64(60)69(65,56-33-9-3-10-34-56)57-35-11-4-12-36-57/h1-46H. The maximum Gasteiger partial charge on any atom is 0.160 e. The van der Waals surface area contributed by atoms with E-state index in [1.165, 1.54) is 66.4 Å². The smallest absolute Gasteiger partial charge is 0.160 e. The molecular weight excluding hydrogens is 857 g/mol. The zero-order valence-electron chi connectivity index (χ0n) is 39.0. The van der Waals surface area contributed by atoms with E-state index >= 15 is 0 Å². The van der Waals surface area contributed by atoms with Crippen LogP contribution in [0, 0.1) is 0 Å². The van der Waals surface area contributed by atoms with Gasteiger partial charge < -0.3 is 0 Å². The Morgan fingerprint density at radius 3 is 1.41 bits per heavy atom. The lowest BCUT2D eigenvalue weighted by atomic mass is 9.67. The van der Waals surface area contributed by atoms with Crippen molar-refractivity contribution in [1.82, 2.24) is 9.97 Å². The molecule has 0 unspecified atom stereocenters. The molecule has 0 spiro atoms. The number of hydrogen-bond donors (Lipinski definition) is 0. The molecule has 332 valence electrons. The monoisotopic (exact) mass is 902 g/mol. The van der Waals surface area contributed by atoms with E-state index in [2.05, 4.69) is 273 Å². The Bertz CT molecular complexity index is 3870. The number of fused-ring (bicyclic) bond motifs is 4. The first-order valence-corrected chi connectivity index (χ1v) is 24.4. The van der Waals surface area contributed by atoms with Crippen LogP contribution >= 0.6 is 0 Å². The molecule has 1 aromatic heterocycles. The van der Waals surface area contributed by atoms with E-state index in [4.69, 9.17) is 9.97 Å². The summed E-state index contributed by atoms with van der Waals surface area (Å²) in [5.41, 5.74) is 21.1. The molecule has 0 aliphatic heterocycles. The van der Waals surface area contributed by atoms with Crippen LogP contribution in [-0.2, 0) is 5.41 Å². The number of nitrogens with zero attached hydrogens (tertiary/aromatic N) is 2. The molecule has 0 bridgehead atoms. The van der Waals surface area contributed by atoms with Gasteiger partial charge in [-0.15, -0.1) is 0 Å². The van der Waals surface area contributed by atoms with Gasteiger partial charge in [-0.25, -0.2) is 9.97 Å². The average molecular weight is 903 g/mol. The molecule has 1 heterocycles. The molecule has 1 aliphatic carbocycles. The topological polar surface area (TPSA) is 25.8 Å². The first-order chi connectivity index (χ1) is 35.2. The van der Waals surface area contributed by atoms with E-state index in [0.29, 0.717) is 5.82 Å². The van der Waals surface area contributed by atoms with Crippen molar-refractivity contribution in [3.8, 4) is 89.5 Å². The van der Waals surface area contributed by atoms with Crippen LogP contribution in [0.5, 0.6) is 0 Å². The molecule has 12 aromatic rings. The second-order valence-corrected chi connectivity index (χ2v) is 18.4. The maximum atomic E-state index is 5.31. The molecule has 11 aromatic carbocycles. The summed E-state index contributed by atoms with van der Waals surface area (Å²) in [5.74, 6) is 0.680. The molecule has 1 aliphatic rings. The number of hydrogen-bond acceptors (Lipinski definition) is 2. The Kier molecular flexibility index (Phi) is 10.4. The summed E-state index contributed by atoms with van der Waals surface area (Å²) in [4.78, 5) is 10.6.